The number of methoxy groups -OCH3 is 2. The van der Waals surface area contributed by atoms with Gasteiger partial charge in [0.05, 0.1) is 37.1 Å². The highest BCUT2D eigenvalue weighted by molar-refractivity contribution is 5.85. The van der Waals surface area contributed by atoms with Crippen molar-refractivity contribution < 1.29 is 48.1 Å². The standard InChI is InChI=1S/C28H44N2O6.C10H20N2O2.C6H13NO.C6H14.CH3NO/c1-7-18(2)19(3)24(35-5)17-25(31)30-15-11-14-23(30)26(36-6)20(4)27(32)29-22(28(33)34)16-21-12-9-8-10-13-21;1-12-10(14)7-5-3-2-4-6-9(13)8-11;1-5(2)4-6(8)7-3;1-5(2)6(3)4;2-1-3/h8-10,12-13,18-20,22-24,26H,7,11,14-17H2,1-6H3,(H,29,32)(H,33,34);2-8,11H2,1H3,(H,12,14);5H,4H2,1-3H3,(H,7,8);5-6H,1-4H3;1H,(H2,2,3)/t18-,19-,20+,22?,23-,24?,26?;;;;/m0..../s1. The molecule has 0 aliphatic carbocycles. The third kappa shape index (κ3) is 32.1. The number of unbranched alkanes of at least 4 members (excludes halogenated alkanes) is 3. The molecule has 16 heteroatoms. The summed E-state index contributed by atoms with van der Waals surface area (Å²) in [6.45, 7) is 21.9. The van der Waals surface area contributed by atoms with Crippen LogP contribution in [0.15, 0.2) is 30.3 Å². The van der Waals surface area contributed by atoms with Gasteiger partial charge in [-0.1, -0.05) is 119 Å². The summed E-state index contributed by atoms with van der Waals surface area (Å²) in [6.07, 6.45) is 8.17. The van der Waals surface area contributed by atoms with Crippen LogP contribution in [0, 0.1) is 35.5 Å². The zero-order chi connectivity index (χ0) is 52.1. The van der Waals surface area contributed by atoms with Gasteiger partial charge in [0.1, 0.15) is 11.8 Å². The maximum atomic E-state index is 13.3. The summed E-state index contributed by atoms with van der Waals surface area (Å²) >= 11 is 0. The molecule has 0 saturated carbocycles. The number of hydrogen-bond donors (Lipinski definition) is 6. The summed E-state index contributed by atoms with van der Waals surface area (Å²) in [7, 11) is 6.49. The zero-order valence-corrected chi connectivity index (χ0v) is 43.9. The van der Waals surface area contributed by atoms with Gasteiger partial charge in [-0.05, 0) is 60.8 Å². The van der Waals surface area contributed by atoms with E-state index in [2.05, 4.69) is 70.2 Å². The second-order valence-corrected chi connectivity index (χ2v) is 18.3. The number of hydrogen-bond acceptors (Lipinski definition) is 10. The number of carboxylic acids is 1. The number of primary amides is 1. The Morgan fingerprint density at radius 3 is 1.78 bits per heavy atom. The van der Waals surface area contributed by atoms with Crippen molar-refractivity contribution in [3.8, 4) is 0 Å². The van der Waals surface area contributed by atoms with Crippen molar-refractivity contribution in [1.82, 2.24) is 20.9 Å². The van der Waals surface area contributed by atoms with E-state index in [4.69, 9.17) is 20.0 Å². The number of carboxylic acid groups (broad SMARTS) is 1. The number of nitrogens with two attached hydrogens (primary N) is 2. The molecule has 1 aromatic rings. The average molecular weight is 951 g/mol. The van der Waals surface area contributed by atoms with Crippen molar-refractivity contribution in [1.29, 1.82) is 0 Å². The van der Waals surface area contributed by atoms with Crippen LogP contribution in [-0.2, 0) is 49.5 Å². The third-order valence-corrected chi connectivity index (χ3v) is 12.2. The number of benzene rings is 1. The second-order valence-electron chi connectivity index (χ2n) is 18.3. The van der Waals surface area contributed by atoms with Crippen LogP contribution in [0.4, 0.5) is 0 Å². The van der Waals surface area contributed by atoms with Crippen molar-refractivity contribution in [2.75, 3.05) is 41.4 Å². The van der Waals surface area contributed by atoms with Crippen molar-refractivity contribution >= 4 is 41.8 Å². The normalized spacial score (nSPS) is 15.5. The Morgan fingerprint density at radius 2 is 1.36 bits per heavy atom. The number of ketones is 1. The van der Waals surface area contributed by atoms with E-state index in [-0.39, 0.29) is 67.4 Å². The molecule has 0 radical (unpaired) electrons. The third-order valence-electron chi connectivity index (χ3n) is 12.2. The number of rotatable bonds is 25. The highest BCUT2D eigenvalue weighted by Crippen LogP contribution is 2.29. The van der Waals surface area contributed by atoms with Gasteiger partial charge in [0.2, 0.25) is 30.0 Å². The van der Waals surface area contributed by atoms with Crippen LogP contribution in [0.2, 0.25) is 0 Å². The number of carbonyl (C=O) groups excluding carboxylic acids is 6. The van der Waals surface area contributed by atoms with E-state index in [0.29, 0.717) is 37.6 Å². The van der Waals surface area contributed by atoms with Gasteiger partial charge < -0.3 is 46.9 Å². The fourth-order valence-corrected chi connectivity index (χ4v) is 6.81. The molecule has 0 spiro atoms. The van der Waals surface area contributed by atoms with Gasteiger partial charge >= 0.3 is 5.97 Å². The molecule has 1 fully saturated rings. The molecule has 16 nitrogen and oxygen atoms in total. The number of Topliss-reactive ketones (excluding diaryl/α,β-unsaturated/α-hetero) is 1. The maximum absolute atomic E-state index is 13.3. The van der Waals surface area contributed by atoms with Crippen LogP contribution in [0.5, 0.6) is 0 Å². The first-order valence-corrected chi connectivity index (χ1v) is 24.3. The quantitative estimate of drug-likeness (QED) is 0.0468. The molecule has 1 aromatic carbocycles. The Balaban J connectivity index is -0.00000107. The number of nitrogens with zero attached hydrogens (tertiary/aromatic N) is 1. The minimum absolute atomic E-state index is 0.00153. The van der Waals surface area contributed by atoms with Gasteiger partial charge in [-0.3, -0.25) is 28.8 Å². The molecule has 1 saturated heterocycles. The fourth-order valence-electron chi connectivity index (χ4n) is 6.81. The van der Waals surface area contributed by atoms with E-state index < -0.39 is 29.9 Å². The Morgan fingerprint density at radius 1 is 0.821 bits per heavy atom. The summed E-state index contributed by atoms with van der Waals surface area (Å²) in [5, 5.41) is 17.5. The number of aliphatic carboxylic acids is 1. The topological polar surface area (TPSA) is 250 Å². The first-order chi connectivity index (χ1) is 31.6. The first kappa shape index (κ1) is 66.9. The summed E-state index contributed by atoms with van der Waals surface area (Å²) < 4.78 is 11.4. The minimum Gasteiger partial charge on any atom is -0.480 e. The predicted molar refractivity (Wildman–Crippen MR) is 268 cm³/mol. The summed E-state index contributed by atoms with van der Waals surface area (Å²) in [6, 6.07) is 7.90. The van der Waals surface area contributed by atoms with Crippen LogP contribution in [0.1, 0.15) is 145 Å². The molecule has 5 amide bonds. The predicted octanol–water partition coefficient (Wildman–Crippen LogP) is 6.31. The van der Waals surface area contributed by atoms with E-state index in [9.17, 15) is 33.9 Å². The van der Waals surface area contributed by atoms with Crippen LogP contribution in [0.25, 0.3) is 0 Å². The van der Waals surface area contributed by atoms with E-state index >= 15 is 0 Å². The molecule has 1 aliphatic rings. The number of carbonyl (C=O) groups is 7. The molecule has 1 heterocycles. The van der Waals surface area contributed by atoms with Gasteiger partial charge in [0.25, 0.3) is 0 Å². The van der Waals surface area contributed by atoms with E-state index in [1.54, 1.807) is 28.1 Å². The number of nitrogens with one attached hydrogen (secondary N) is 3. The molecule has 0 bridgehead atoms. The monoisotopic (exact) mass is 951 g/mol. The Bertz CT molecular complexity index is 1470. The lowest BCUT2D eigenvalue weighted by atomic mass is 9.87. The Labute approximate surface area is 404 Å². The Kier molecular flexibility index (Phi) is 40.6. The zero-order valence-electron chi connectivity index (χ0n) is 43.9. The van der Waals surface area contributed by atoms with Crippen molar-refractivity contribution in [3.63, 3.8) is 0 Å². The van der Waals surface area contributed by atoms with Crippen LogP contribution in [0.3, 0.4) is 0 Å². The van der Waals surface area contributed by atoms with Crippen molar-refractivity contribution in [2.45, 2.75) is 171 Å². The first-order valence-electron chi connectivity index (χ1n) is 24.3. The highest BCUT2D eigenvalue weighted by Gasteiger charge is 2.41. The summed E-state index contributed by atoms with van der Waals surface area (Å²) in [4.78, 5) is 80.9. The van der Waals surface area contributed by atoms with Gasteiger partial charge in [-0.2, -0.15) is 0 Å². The molecular formula is C51H94N6O10. The molecule has 388 valence electrons. The van der Waals surface area contributed by atoms with Gasteiger partial charge in [-0.15, -0.1) is 0 Å². The molecule has 3 unspecified atom stereocenters. The second kappa shape index (κ2) is 40.6. The van der Waals surface area contributed by atoms with Crippen LogP contribution in [-0.4, -0.2) is 117 Å². The molecular weight excluding hydrogens is 857 g/mol. The van der Waals surface area contributed by atoms with Gasteiger partial charge in [-0.25, -0.2) is 4.79 Å². The largest absolute Gasteiger partial charge is 0.480 e. The SMILES string of the molecule is CC(C)C(C)C.CC[C@H](C)[C@H](C)C(CC(=O)N1CCC[C@H]1C(OC)[C@@H](C)C(=O)NC(Cc1ccccc1)C(=O)O)OC.CNC(=O)CC(C)C.CNC(=O)CCCCCCC(=O)CN.NC=O. The molecule has 0 aromatic heterocycles. The molecule has 1 aliphatic heterocycles. The molecule has 67 heavy (non-hydrogen) atoms. The van der Waals surface area contributed by atoms with Gasteiger partial charge in [0.15, 0.2) is 0 Å². The lowest BCUT2D eigenvalue weighted by molar-refractivity contribution is -0.145. The van der Waals surface area contributed by atoms with E-state index in [0.717, 1.165) is 62.3 Å². The molecule has 7 atom stereocenters. The maximum Gasteiger partial charge on any atom is 0.326 e. The van der Waals surface area contributed by atoms with Gasteiger partial charge in [0, 0.05) is 60.5 Å². The number of ether oxygens (including phenoxy) is 2. The smallest absolute Gasteiger partial charge is 0.326 e. The minimum atomic E-state index is -1.09. The van der Waals surface area contributed by atoms with Crippen molar-refractivity contribution in [3.05, 3.63) is 35.9 Å². The van der Waals surface area contributed by atoms with E-state index in [1.807, 2.05) is 49.1 Å². The molecule has 8 N–H and O–H groups in total. The fraction of sp³-hybridized carbons (Fsp3) is 0.745. The Hall–Kier alpha value is -4.41. The van der Waals surface area contributed by atoms with Crippen LogP contribution >= 0.6 is 0 Å². The lowest BCUT2D eigenvalue weighted by Gasteiger charge is -2.35. The van der Waals surface area contributed by atoms with Crippen LogP contribution < -0.4 is 27.4 Å². The summed E-state index contributed by atoms with van der Waals surface area (Å²) in [5.41, 5.74) is 10.2. The average Bonchev–Trinajstić information content (AvgIpc) is 3.79. The van der Waals surface area contributed by atoms with E-state index in [1.165, 1.54) is 7.11 Å². The number of amides is 5. The lowest BCUT2D eigenvalue weighted by Crippen LogP contribution is -2.52. The summed E-state index contributed by atoms with van der Waals surface area (Å²) in [5.74, 6) is 1.06. The molecule has 2 rings (SSSR count). The number of likely N-dealkylation sites (tertiary alicyclic amines) is 1. The van der Waals surface area contributed by atoms with Crippen molar-refractivity contribution in [2.24, 2.45) is 47.0 Å². The highest BCUT2D eigenvalue weighted by atomic mass is 16.5.